The molecule has 6 nitrogen and oxygen atoms in total. The molecule has 1 saturated heterocycles. The summed E-state index contributed by atoms with van der Waals surface area (Å²) in [6.07, 6.45) is 1.11. The van der Waals surface area contributed by atoms with Gasteiger partial charge in [-0.05, 0) is 46.0 Å². The fraction of sp³-hybridized carbons (Fsp3) is 0.750. The zero-order valence-electron chi connectivity index (χ0n) is 11.8. The summed E-state index contributed by atoms with van der Waals surface area (Å²) in [5, 5.41) is 0.175. The van der Waals surface area contributed by atoms with Gasteiger partial charge in [0, 0.05) is 19.1 Å². The Morgan fingerprint density at radius 2 is 2.05 bits per heavy atom. The Hall–Kier alpha value is -1.14. The molecular formula is C12H20ClN5O. The van der Waals surface area contributed by atoms with Crippen LogP contribution in [-0.2, 0) is 0 Å². The van der Waals surface area contributed by atoms with E-state index in [1.165, 1.54) is 0 Å². The number of hydrogen-bond acceptors (Lipinski definition) is 6. The minimum absolute atomic E-state index is 0.0134. The Labute approximate surface area is 118 Å². The summed E-state index contributed by atoms with van der Waals surface area (Å²) >= 11 is 5.93. The average Bonchev–Trinajstić information content (AvgIpc) is 2.76. The lowest BCUT2D eigenvalue weighted by molar-refractivity contribution is 0.221. The molecule has 0 saturated carbocycles. The Balaban J connectivity index is 2.14. The van der Waals surface area contributed by atoms with Gasteiger partial charge in [-0.25, -0.2) is 0 Å². The second-order valence-electron chi connectivity index (χ2n) is 5.21. The molecule has 1 aliphatic rings. The SMILES string of the molecule is CC(C)Oc1nc(Cl)nc(N2CCC(N(C)C)C2)n1. The van der Waals surface area contributed by atoms with Crippen LogP contribution in [0.3, 0.4) is 0 Å². The molecule has 1 aromatic rings. The van der Waals surface area contributed by atoms with Crippen molar-refractivity contribution in [1.29, 1.82) is 0 Å². The van der Waals surface area contributed by atoms with E-state index in [1.807, 2.05) is 13.8 Å². The van der Waals surface area contributed by atoms with Crippen molar-refractivity contribution in [1.82, 2.24) is 19.9 Å². The van der Waals surface area contributed by atoms with Crippen molar-refractivity contribution in [2.45, 2.75) is 32.4 Å². The van der Waals surface area contributed by atoms with Gasteiger partial charge in [-0.2, -0.15) is 15.0 Å². The summed E-state index contributed by atoms with van der Waals surface area (Å²) in [6.45, 7) is 5.67. The fourth-order valence-electron chi connectivity index (χ4n) is 2.07. The predicted octanol–water partition coefficient (Wildman–Crippen LogP) is 1.45. The number of aromatic nitrogens is 3. The fourth-order valence-corrected chi connectivity index (χ4v) is 2.22. The highest BCUT2D eigenvalue weighted by molar-refractivity contribution is 6.28. The maximum atomic E-state index is 5.93. The van der Waals surface area contributed by atoms with E-state index in [-0.39, 0.29) is 11.4 Å². The molecule has 0 bridgehead atoms. The van der Waals surface area contributed by atoms with Gasteiger partial charge in [0.15, 0.2) is 0 Å². The molecule has 1 aromatic heterocycles. The molecule has 0 aromatic carbocycles. The van der Waals surface area contributed by atoms with Gasteiger partial charge >= 0.3 is 6.01 Å². The Morgan fingerprint density at radius 3 is 2.63 bits per heavy atom. The Morgan fingerprint density at radius 1 is 1.32 bits per heavy atom. The van der Waals surface area contributed by atoms with Gasteiger partial charge in [0.1, 0.15) is 0 Å². The number of anilines is 1. The van der Waals surface area contributed by atoms with E-state index in [2.05, 4.69) is 38.8 Å². The monoisotopic (exact) mass is 285 g/mol. The van der Waals surface area contributed by atoms with Crippen molar-refractivity contribution in [2.24, 2.45) is 0 Å². The summed E-state index contributed by atoms with van der Waals surface area (Å²) in [7, 11) is 4.17. The summed E-state index contributed by atoms with van der Waals surface area (Å²) in [4.78, 5) is 16.8. The zero-order chi connectivity index (χ0) is 14.0. The number of halogens is 1. The molecule has 0 aliphatic carbocycles. The van der Waals surface area contributed by atoms with Gasteiger partial charge in [-0.15, -0.1) is 0 Å². The third-order valence-electron chi connectivity index (χ3n) is 3.09. The summed E-state index contributed by atoms with van der Waals surface area (Å²) < 4.78 is 5.49. The summed E-state index contributed by atoms with van der Waals surface area (Å²) in [5.41, 5.74) is 0. The minimum atomic E-state index is 0.0134. The van der Waals surface area contributed by atoms with E-state index < -0.39 is 0 Å². The van der Waals surface area contributed by atoms with E-state index in [9.17, 15) is 0 Å². The van der Waals surface area contributed by atoms with Crippen LogP contribution < -0.4 is 9.64 Å². The van der Waals surface area contributed by atoms with Crippen molar-refractivity contribution >= 4 is 17.5 Å². The van der Waals surface area contributed by atoms with E-state index in [0.29, 0.717) is 18.0 Å². The van der Waals surface area contributed by atoms with Crippen LogP contribution in [0.2, 0.25) is 5.28 Å². The standard InChI is InChI=1S/C12H20ClN5O/c1-8(2)19-12-15-10(13)14-11(16-12)18-6-5-9(7-18)17(3)4/h8-9H,5-7H2,1-4H3. The third-order valence-corrected chi connectivity index (χ3v) is 3.26. The largest absolute Gasteiger partial charge is 0.461 e. The lowest BCUT2D eigenvalue weighted by atomic mass is 10.2. The number of nitrogens with zero attached hydrogens (tertiary/aromatic N) is 5. The Bertz CT molecular complexity index is 440. The first-order chi connectivity index (χ1) is 8.95. The minimum Gasteiger partial charge on any atom is -0.461 e. The molecule has 7 heteroatoms. The van der Waals surface area contributed by atoms with Crippen LogP contribution >= 0.6 is 11.6 Å². The molecule has 2 heterocycles. The van der Waals surface area contributed by atoms with Crippen LogP contribution in [-0.4, -0.2) is 59.2 Å². The molecule has 1 atom stereocenters. The van der Waals surface area contributed by atoms with E-state index in [0.717, 1.165) is 19.5 Å². The van der Waals surface area contributed by atoms with Crippen LogP contribution in [0.25, 0.3) is 0 Å². The van der Waals surface area contributed by atoms with Crippen molar-refractivity contribution < 1.29 is 4.74 Å². The molecule has 19 heavy (non-hydrogen) atoms. The highest BCUT2D eigenvalue weighted by atomic mass is 35.5. The quantitative estimate of drug-likeness (QED) is 0.835. The molecule has 2 rings (SSSR count). The molecule has 1 unspecified atom stereocenters. The van der Waals surface area contributed by atoms with E-state index in [4.69, 9.17) is 16.3 Å². The van der Waals surface area contributed by atoms with Gasteiger partial charge in [-0.3, -0.25) is 0 Å². The molecule has 106 valence electrons. The molecule has 1 aliphatic heterocycles. The zero-order valence-corrected chi connectivity index (χ0v) is 12.6. The first-order valence-corrected chi connectivity index (χ1v) is 6.83. The second kappa shape index (κ2) is 5.88. The molecule has 0 spiro atoms. The summed E-state index contributed by atoms with van der Waals surface area (Å²) in [5.74, 6) is 0.597. The van der Waals surface area contributed by atoms with Gasteiger partial charge < -0.3 is 14.5 Å². The number of likely N-dealkylation sites (N-methyl/N-ethyl adjacent to an activating group) is 1. The van der Waals surface area contributed by atoms with Gasteiger partial charge in [-0.1, -0.05) is 0 Å². The van der Waals surface area contributed by atoms with Crippen molar-refractivity contribution in [3.8, 4) is 6.01 Å². The normalized spacial score (nSPS) is 19.5. The number of ether oxygens (including phenoxy) is 1. The van der Waals surface area contributed by atoms with Gasteiger partial charge in [0.2, 0.25) is 11.2 Å². The third kappa shape index (κ3) is 3.67. The number of rotatable bonds is 4. The van der Waals surface area contributed by atoms with E-state index >= 15 is 0 Å². The van der Waals surface area contributed by atoms with Crippen LogP contribution in [0.1, 0.15) is 20.3 Å². The van der Waals surface area contributed by atoms with Crippen LogP contribution in [0.4, 0.5) is 5.95 Å². The first-order valence-electron chi connectivity index (χ1n) is 6.45. The molecule has 0 amide bonds. The smallest absolute Gasteiger partial charge is 0.322 e. The van der Waals surface area contributed by atoms with Crippen LogP contribution in [0.5, 0.6) is 6.01 Å². The molecule has 1 fully saturated rings. The molecular weight excluding hydrogens is 266 g/mol. The topological polar surface area (TPSA) is 54.4 Å². The highest BCUT2D eigenvalue weighted by Gasteiger charge is 2.26. The maximum Gasteiger partial charge on any atom is 0.322 e. The Kier molecular flexibility index (Phi) is 4.42. The van der Waals surface area contributed by atoms with Gasteiger partial charge in [0.25, 0.3) is 0 Å². The van der Waals surface area contributed by atoms with Gasteiger partial charge in [0.05, 0.1) is 6.10 Å². The van der Waals surface area contributed by atoms with Crippen molar-refractivity contribution in [2.75, 3.05) is 32.1 Å². The first kappa shape index (κ1) is 14.3. The van der Waals surface area contributed by atoms with Crippen molar-refractivity contribution in [3.05, 3.63) is 5.28 Å². The predicted molar refractivity (Wildman–Crippen MR) is 74.9 cm³/mol. The van der Waals surface area contributed by atoms with Crippen LogP contribution in [0.15, 0.2) is 0 Å². The van der Waals surface area contributed by atoms with Crippen molar-refractivity contribution in [3.63, 3.8) is 0 Å². The average molecular weight is 286 g/mol. The number of hydrogen-bond donors (Lipinski definition) is 0. The lowest BCUT2D eigenvalue weighted by Gasteiger charge is -2.20. The van der Waals surface area contributed by atoms with E-state index in [1.54, 1.807) is 0 Å². The van der Waals surface area contributed by atoms with Crippen LogP contribution in [0, 0.1) is 0 Å². The molecule has 0 radical (unpaired) electrons. The second-order valence-corrected chi connectivity index (χ2v) is 5.54. The summed E-state index contributed by atoms with van der Waals surface area (Å²) in [6, 6.07) is 0.809. The lowest BCUT2D eigenvalue weighted by Crippen LogP contribution is -2.32. The maximum absolute atomic E-state index is 5.93. The highest BCUT2D eigenvalue weighted by Crippen LogP contribution is 2.21. The molecule has 0 N–H and O–H groups in total.